The minimum atomic E-state index is -4.93. The van der Waals surface area contributed by atoms with Gasteiger partial charge in [-0.05, 0) is 47.7 Å². The number of benzene rings is 2. The van der Waals surface area contributed by atoms with E-state index in [1.54, 1.807) is 7.11 Å². The highest BCUT2D eigenvalue weighted by Crippen LogP contribution is 2.43. The lowest BCUT2D eigenvalue weighted by molar-refractivity contribution is -0.174. The maximum absolute atomic E-state index is 13.0. The molecule has 0 aromatic heterocycles. The third kappa shape index (κ3) is 4.33. The number of para-hydroxylation sites is 1. The van der Waals surface area contributed by atoms with Crippen molar-refractivity contribution in [3.05, 3.63) is 54.1 Å². The Hall–Kier alpha value is -2.70. The van der Waals surface area contributed by atoms with Crippen molar-refractivity contribution in [2.24, 2.45) is 5.41 Å². The third-order valence-corrected chi connectivity index (χ3v) is 5.16. The number of nitrogens with zero attached hydrogens (tertiary/aromatic N) is 1. The fourth-order valence-electron chi connectivity index (χ4n) is 4.01. The quantitative estimate of drug-likeness (QED) is 0.792. The Kier molecular flexibility index (Phi) is 5.52. The monoisotopic (exact) mass is 406 g/mol. The summed E-state index contributed by atoms with van der Waals surface area (Å²) in [6.07, 6.45) is -4.60. The summed E-state index contributed by atoms with van der Waals surface area (Å²) in [6.45, 7) is 5.90. The molecule has 2 atom stereocenters. The Morgan fingerprint density at radius 1 is 1.07 bits per heavy atom. The van der Waals surface area contributed by atoms with Gasteiger partial charge in [-0.15, -0.1) is 0 Å². The van der Waals surface area contributed by atoms with Gasteiger partial charge >= 0.3 is 12.1 Å². The van der Waals surface area contributed by atoms with Gasteiger partial charge in [-0.25, -0.2) is 0 Å². The van der Waals surface area contributed by atoms with E-state index in [4.69, 9.17) is 4.74 Å². The molecule has 3 rings (SSSR count). The van der Waals surface area contributed by atoms with Crippen molar-refractivity contribution < 1.29 is 22.7 Å². The predicted molar refractivity (Wildman–Crippen MR) is 107 cm³/mol. The highest BCUT2D eigenvalue weighted by atomic mass is 19.4. The molecule has 1 amide bonds. The fourth-order valence-corrected chi connectivity index (χ4v) is 4.01. The van der Waals surface area contributed by atoms with E-state index in [0.717, 1.165) is 16.9 Å². The maximum Gasteiger partial charge on any atom is 0.471 e. The highest BCUT2D eigenvalue weighted by Gasteiger charge is 2.46. The summed E-state index contributed by atoms with van der Waals surface area (Å²) in [6, 6.07) is 13.9. The first-order chi connectivity index (χ1) is 13.5. The molecular formula is C22H25F3N2O2. The van der Waals surface area contributed by atoms with Crippen LogP contribution < -0.4 is 15.0 Å². The van der Waals surface area contributed by atoms with Gasteiger partial charge in [0.1, 0.15) is 5.75 Å². The van der Waals surface area contributed by atoms with Crippen molar-refractivity contribution in [2.75, 3.05) is 12.0 Å². The summed E-state index contributed by atoms with van der Waals surface area (Å²) in [5, 5.41) is 2.25. The van der Waals surface area contributed by atoms with E-state index in [2.05, 4.69) is 5.32 Å². The van der Waals surface area contributed by atoms with E-state index in [0.29, 0.717) is 12.2 Å². The van der Waals surface area contributed by atoms with Gasteiger partial charge in [0.05, 0.1) is 19.2 Å². The van der Waals surface area contributed by atoms with Gasteiger partial charge in [0, 0.05) is 11.4 Å². The number of hydrogen-bond donors (Lipinski definition) is 1. The fraction of sp³-hybridized carbons (Fsp3) is 0.409. The average Bonchev–Trinajstić information content (AvgIpc) is 2.65. The number of alkyl halides is 3. The molecule has 4 nitrogen and oxygen atoms in total. The molecule has 2 aromatic rings. The van der Waals surface area contributed by atoms with E-state index in [1.165, 1.54) is 0 Å². The minimum absolute atomic E-state index is 0.326. The molecule has 1 aliphatic heterocycles. The molecule has 156 valence electrons. The van der Waals surface area contributed by atoms with Gasteiger partial charge in [0.2, 0.25) is 0 Å². The van der Waals surface area contributed by atoms with Crippen LogP contribution in [0, 0.1) is 5.41 Å². The maximum atomic E-state index is 13.0. The molecule has 1 aliphatic rings. The number of rotatable bonds is 3. The number of anilines is 2. The summed E-state index contributed by atoms with van der Waals surface area (Å²) in [7, 11) is 1.58. The third-order valence-electron chi connectivity index (χ3n) is 5.16. The second kappa shape index (κ2) is 7.61. The molecule has 0 aliphatic carbocycles. The number of fused-ring (bicyclic) bond motifs is 1. The van der Waals surface area contributed by atoms with Gasteiger partial charge in [0.15, 0.2) is 0 Å². The first-order valence-electron chi connectivity index (χ1n) is 9.41. The highest BCUT2D eigenvalue weighted by molar-refractivity contribution is 5.82. The molecule has 0 saturated heterocycles. The lowest BCUT2D eigenvalue weighted by Gasteiger charge is -2.50. The van der Waals surface area contributed by atoms with E-state index in [9.17, 15) is 18.0 Å². The van der Waals surface area contributed by atoms with Gasteiger partial charge in [-0.3, -0.25) is 4.79 Å². The molecule has 1 heterocycles. The summed E-state index contributed by atoms with van der Waals surface area (Å²) in [5.74, 6) is -1.22. The molecule has 2 aromatic carbocycles. The number of ether oxygens (including phenoxy) is 1. The van der Waals surface area contributed by atoms with Crippen molar-refractivity contribution in [3.8, 4) is 5.75 Å². The molecule has 0 fully saturated rings. The van der Waals surface area contributed by atoms with E-state index in [1.807, 2.05) is 74.2 Å². The topological polar surface area (TPSA) is 41.6 Å². The minimum Gasteiger partial charge on any atom is -0.497 e. The number of hydrogen-bond acceptors (Lipinski definition) is 3. The van der Waals surface area contributed by atoms with Gasteiger partial charge in [-0.1, -0.05) is 39.0 Å². The Balaban J connectivity index is 2.11. The number of carbonyl (C=O) groups is 1. The zero-order valence-corrected chi connectivity index (χ0v) is 16.9. The van der Waals surface area contributed by atoms with Crippen LogP contribution in [0.15, 0.2) is 48.5 Å². The van der Waals surface area contributed by atoms with Gasteiger partial charge in [-0.2, -0.15) is 13.2 Å². The predicted octanol–water partition coefficient (Wildman–Crippen LogP) is 4.85. The number of methoxy groups -OCH3 is 1. The second-order valence-electron chi connectivity index (χ2n) is 8.29. The first kappa shape index (κ1) is 21.0. The molecule has 29 heavy (non-hydrogen) atoms. The van der Waals surface area contributed by atoms with E-state index in [-0.39, 0.29) is 0 Å². The van der Waals surface area contributed by atoms with Crippen molar-refractivity contribution in [3.63, 3.8) is 0 Å². The van der Waals surface area contributed by atoms with Crippen molar-refractivity contribution in [1.82, 2.24) is 5.32 Å². The molecule has 7 heteroatoms. The van der Waals surface area contributed by atoms with Crippen LogP contribution in [-0.4, -0.2) is 31.3 Å². The molecule has 1 N–H and O–H groups in total. The standard InChI is InChI=1S/C22H25F3N2O2/c1-21(2,3)19-17(26-20(28)22(23,24)25)13-14-7-5-6-8-18(14)27(19)15-9-11-16(29-4)12-10-15/h5-12,17,19H,13H2,1-4H3,(H,26,28)/t17-,19-/m0/s1. The van der Waals surface area contributed by atoms with Crippen LogP contribution in [-0.2, 0) is 11.2 Å². The number of nitrogens with one attached hydrogen (secondary N) is 1. The van der Waals surface area contributed by atoms with Crippen LogP contribution in [0.5, 0.6) is 5.75 Å². The van der Waals surface area contributed by atoms with Crippen molar-refractivity contribution in [1.29, 1.82) is 0 Å². The van der Waals surface area contributed by atoms with Crippen molar-refractivity contribution >= 4 is 17.3 Å². The SMILES string of the molecule is COc1ccc(N2c3ccccc3C[C@H](NC(=O)C(F)(F)F)[C@H]2C(C)(C)C)cc1. The van der Waals surface area contributed by atoms with Crippen molar-refractivity contribution in [2.45, 2.75) is 45.5 Å². The summed E-state index contributed by atoms with van der Waals surface area (Å²) in [4.78, 5) is 13.8. The number of amides is 1. The largest absolute Gasteiger partial charge is 0.497 e. The Bertz CT molecular complexity index is 873. The lowest BCUT2D eigenvalue weighted by Crippen LogP contribution is -2.61. The first-order valence-corrected chi connectivity index (χ1v) is 9.41. The Morgan fingerprint density at radius 2 is 1.69 bits per heavy atom. The van der Waals surface area contributed by atoms with Gasteiger partial charge < -0.3 is 15.0 Å². The summed E-state index contributed by atoms with van der Waals surface area (Å²) in [5.41, 5.74) is 2.22. The molecule has 0 radical (unpaired) electrons. The zero-order chi connectivity index (χ0) is 21.4. The molecule has 0 spiro atoms. The second-order valence-corrected chi connectivity index (χ2v) is 8.29. The zero-order valence-electron chi connectivity index (χ0n) is 16.9. The van der Waals surface area contributed by atoms with Crippen LogP contribution in [0.3, 0.4) is 0 Å². The van der Waals surface area contributed by atoms with Crippen LogP contribution >= 0.6 is 0 Å². The number of carbonyl (C=O) groups excluding carboxylic acids is 1. The molecule has 0 bridgehead atoms. The van der Waals surface area contributed by atoms with E-state index >= 15 is 0 Å². The normalized spacial score (nSPS) is 19.5. The smallest absolute Gasteiger partial charge is 0.471 e. The Morgan fingerprint density at radius 3 is 2.24 bits per heavy atom. The Labute approximate surface area is 168 Å². The molecular weight excluding hydrogens is 381 g/mol. The number of halogens is 3. The molecule has 0 saturated carbocycles. The average molecular weight is 406 g/mol. The lowest BCUT2D eigenvalue weighted by atomic mass is 9.76. The van der Waals surface area contributed by atoms with Crippen LogP contribution in [0.25, 0.3) is 0 Å². The van der Waals surface area contributed by atoms with Crippen LogP contribution in [0.1, 0.15) is 26.3 Å². The van der Waals surface area contributed by atoms with Crippen LogP contribution in [0.4, 0.5) is 24.5 Å². The summed E-state index contributed by atoms with van der Waals surface area (Å²) >= 11 is 0. The van der Waals surface area contributed by atoms with E-state index < -0.39 is 29.6 Å². The van der Waals surface area contributed by atoms with Crippen LogP contribution in [0.2, 0.25) is 0 Å². The molecule has 0 unspecified atom stereocenters. The van der Waals surface area contributed by atoms with Gasteiger partial charge in [0.25, 0.3) is 0 Å². The summed E-state index contributed by atoms with van der Waals surface area (Å²) < 4.78 is 44.2.